The highest BCUT2D eigenvalue weighted by Crippen LogP contribution is 2.26. The van der Waals surface area contributed by atoms with Gasteiger partial charge in [-0.3, -0.25) is 9.69 Å². The van der Waals surface area contributed by atoms with Gasteiger partial charge < -0.3 is 15.2 Å². The summed E-state index contributed by atoms with van der Waals surface area (Å²) in [5.41, 5.74) is -0.813. The molecule has 3 unspecified atom stereocenters. The van der Waals surface area contributed by atoms with E-state index in [2.05, 4.69) is 10.2 Å². The summed E-state index contributed by atoms with van der Waals surface area (Å²) in [6.45, 7) is 7.13. The molecule has 2 fully saturated rings. The van der Waals surface area contributed by atoms with Crippen molar-refractivity contribution in [3.8, 4) is 0 Å². The van der Waals surface area contributed by atoms with E-state index < -0.39 is 11.5 Å². The summed E-state index contributed by atoms with van der Waals surface area (Å²) in [4.78, 5) is 13.7. The smallest absolute Gasteiger partial charge is 0.323 e. The van der Waals surface area contributed by atoms with E-state index in [-0.39, 0.29) is 0 Å². The molecule has 3 atom stereocenters. The van der Waals surface area contributed by atoms with E-state index in [4.69, 9.17) is 4.74 Å². The molecule has 104 valence electrons. The Morgan fingerprint density at radius 1 is 1.44 bits per heavy atom. The SMILES string of the molecule is CCNC(C)(CCN1CC2CCC(C1)O2)C(=O)O. The lowest BCUT2D eigenvalue weighted by atomic mass is 9.97. The van der Waals surface area contributed by atoms with Crippen LogP contribution in [0.1, 0.15) is 33.1 Å². The Morgan fingerprint density at radius 2 is 2.06 bits per heavy atom. The lowest BCUT2D eigenvalue weighted by Crippen LogP contribution is -2.52. The number of ether oxygens (including phenoxy) is 1. The number of likely N-dealkylation sites (tertiary alicyclic amines) is 1. The Kier molecular flexibility index (Phi) is 4.25. The van der Waals surface area contributed by atoms with E-state index in [1.165, 1.54) is 0 Å². The standard InChI is InChI=1S/C13H24N2O3/c1-3-14-13(2,12(16)17)6-7-15-8-10-4-5-11(9-15)18-10/h10-11,14H,3-9H2,1-2H3,(H,16,17). The second kappa shape index (κ2) is 5.55. The third-order valence-corrected chi connectivity index (χ3v) is 4.09. The Morgan fingerprint density at radius 3 is 2.56 bits per heavy atom. The summed E-state index contributed by atoms with van der Waals surface area (Å²) in [6, 6.07) is 0. The normalized spacial score (nSPS) is 31.2. The van der Waals surface area contributed by atoms with Gasteiger partial charge in [0, 0.05) is 19.6 Å². The molecule has 2 saturated heterocycles. The van der Waals surface area contributed by atoms with Crippen LogP contribution in [0.25, 0.3) is 0 Å². The van der Waals surface area contributed by atoms with E-state index in [1.54, 1.807) is 6.92 Å². The molecule has 2 heterocycles. The minimum Gasteiger partial charge on any atom is -0.480 e. The number of carboxylic acid groups (broad SMARTS) is 1. The molecule has 2 rings (SSSR count). The van der Waals surface area contributed by atoms with Crippen molar-refractivity contribution in [1.82, 2.24) is 10.2 Å². The Bertz CT molecular complexity index is 299. The quantitative estimate of drug-likeness (QED) is 0.732. The van der Waals surface area contributed by atoms with Crippen LogP contribution in [-0.2, 0) is 9.53 Å². The number of hydrogen-bond donors (Lipinski definition) is 2. The molecule has 0 saturated carbocycles. The van der Waals surface area contributed by atoms with Crippen LogP contribution in [0.3, 0.4) is 0 Å². The van der Waals surface area contributed by atoms with Crippen molar-refractivity contribution in [2.24, 2.45) is 0 Å². The molecule has 18 heavy (non-hydrogen) atoms. The summed E-state index contributed by atoms with van der Waals surface area (Å²) in [7, 11) is 0. The number of rotatable bonds is 6. The van der Waals surface area contributed by atoms with Gasteiger partial charge in [0.2, 0.25) is 0 Å². The van der Waals surface area contributed by atoms with E-state index >= 15 is 0 Å². The number of hydrogen-bond acceptors (Lipinski definition) is 4. The summed E-state index contributed by atoms with van der Waals surface area (Å²) >= 11 is 0. The van der Waals surface area contributed by atoms with Crippen LogP contribution >= 0.6 is 0 Å². The van der Waals surface area contributed by atoms with Crippen molar-refractivity contribution in [1.29, 1.82) is 0 Å². The van der Waals surface area contributed by atoms with Gasteiger partial charge in [0.15, 0.2) is 0 Å². The number of nitrogens with one attached hydrogen (secondary N) is 1. The summed E-state index contributed by atoms with van der Waals surface area (Å²) in [6.07, 6.45) is 3.70. The third kappa shape index (κ3) is 3.02. The van der Waals surface area contributed by atoms with E-state index in [1.807, 2.05) is 6.92 Å². The monoisotopic (exact) mass is 256 g/mol. The Labute approximate surface area is 108 Å². The molecule has 2 N–H and O–H groups in total. The van der Waals surface area contributed by atoms with Crippen LogP contribution in [0.5, 0.6) is 0 Å². The van der Waals surface area contributed by atoms with E-state index in [0.717, 1.165) is 32.5 Å². The highest BCUT2D eigenvalue weighted by atomic mass is 16.5. The third-order valence-electron chi connectivity index (χ3n) is 4.09. The van der Waals surface area contributed by atoms with Crippen molar-refractivity contribution in [2.45, 2.75) is 50.9 Å². The molecule has 2 aliphatic rings. The van der Waals surface area contributed by atoms with Gasteiger partial charge in [-0.15, -0.1) is 0 Å². The fourth-order valence-corrected chi connectivity index (χ4v) is 2.92. The number of nitrogens with zero attached hydrogens (tertiary/aromatic N) is 1. The lowest BCUT2D eigenvalue weighted by Gasteiger charge is -2.34. The first kappa shape index (κ1) is 13.8. The van der Waals surface area contributed by atoms with E-state index in [0.29, 0.717) is 25.2 Å². The molecule has 2 bridgehead atoms. The summed E-state index contributed by atoms with van der Waals surface area (Å²) in [5.74, 6) is -0.763. The van der Waals surface area contributed by atoms with Gasteiger partial charge in [-0.25, -0.2) is 0 Å². The van der Waals surface area contributed by atoms with Crippen LogP contribution in [-0.4, -0.2) is 59.9 Å². The first-order valence-electron chi connectivity index (χ1n) is 6.90. The summed E-state index contributed by atoms with van der Waals surface area (Å²) in [5, 5.41) is 12.4. The van der Waals surface area contributed by atoms with Gasteiger partial charge >= 0.3 is 5.97 Å². The maximum Gasteiger partial charge on any atom is 0.323 e. The molecule has 0 aliphatic carbocycles. The molecule has 0 spiro atoms. The molecule has 5 nitrogen and oxygen atoms in total. The van der Waals surface area contributed by atoms with Crippen molar-refractivity contribution in [2.75, 3.05) is 26.2 Å². The number of morpholine rings is 1. The second-order valence-electron chi connectivity index (χ2n) is 5.63. The second-order valence-corrected chi connectivity index (χ2v) is 5.63. The Balaban J connectivity index is 1.84. The molecule has 5 heteroatoms. The predicted octanol–water partition coefficient (Wildman–Crippen LogP) is 0.693. The molecule has 0 aromatic carbocycles. The number of carbonyl (C=O) groups is 1. The number of aliphatic carboxylic acids is 1. The van der Waals surface area contributed by atoms with Crippen molar-refractivity contribution in [3.05, 3.63) is 0 Å². The van der Waals surface area contributed by atoms with Gasteiger partial charge in [-0.1, -0.05) is 6.92 Å². The van der Waals surface area contributed by atoms with Crippen molar-refractivity contribution < 1.29 is 14.6 Å². The summed E-state index contributed by atoms with van der Waals surface area (Å²) < 4.78 is 5.78. The maximum absolute atomic E-state index is 11.3. The van der Waals surface area contributed by atoms with Gasteiger partial charge in [0.1, 0.15) is 5.54 Å². The van der Waals surface area contributed by atoms with Crippen LogP contribution in [0, 0.1) is 0 Å². The zero-order valence-electron chi connectivity index (χ0n) is 11.3. The van der Waals surface area contributed by atoms with Crippen molar-refractivity contribution >= 4 is 5.97 Å². The number of fused-ring (bicyclic) bond motifs is 2. The minimum atomic E-state index is -0.813. The van der Waals surface area contributed by atoms with E-state index in [9.17, 15) is 9.90 Å². The van der Waals surface area contributed by atoms with Crippen LogP contribution in [0.2, 0.25) is 0 Å². The molecule has 0 amide bonds. The first-order chi connectivity index (χ1) is 8.53. The Hall–Kier alpha value is -0.650. The van der Waals surface area contributed by atoms with Gasteiger partial charge in [0.25, 0.3) is 0 Å². The predicted molar refractivity (Wildman–Crippen MR) is 68.7 cm³/mol. The fraction of sp³-hybridized carbons (Fsp3) is 0.923. The van der Waals surface area contributed by atoms with Gasteiger partial charge in [-0.05, 0) is 32.7 Å². The average Bonchev–Trinajstić information content (AvgIpc) is 2.66. The highest BCUT2D eigenvalue weighted by molar-refractivity contribution is 5.78. The van der Waals surface area contributed by atoms with Crippen LogP contribution < -0.4 is 5.32 Å². The number of carboxylic acids is 1. The minimum absolute atomic E-state index is 0.374. The molecule has 2 aliphatic heterocycles. The van der Waals surface area contributed by atoms with Crippen LogP contribution in [0.15, 0.2) is 0 Å². The molecular formula is C13H24N2O3. The topological polar surface area (TPSA) is 61.8 Å². The highest BCUT2D eigenvalue weighted by Gasteiger charge is 2.36. The molecule has 0 aromatic rings. The fourth-order valence-electron chi connectivity index (χ4n) is 2.92. The molecule has 0 radical (unpaired) electrons. The van der Waals surface area contributed by atoms with Crippen molar-refractivity contribution in [3.63, 3.8) is 0 Å². The van der Waals surface area contributed by atoms with Gasteiger partial charge in [-0.2, -0.15) is 0 Å². The zero-order valence-corrected chi connectivity index (χ0v) is 11.3. The number of likely N-dealkylation sites (N-methyl/N-ethyl adjacent to an activating group) is 1. The maximum atomic E-state index is 11.3. The zero-order chi connectivity index (χ0) is 13.2. The average molecular weight is 256 g/mol. The lowest BCUT2D eigenvalue weighted by molar-refractivity contribution is -0.144. The molecule has 0 aromatic heterocycles. The van der Waals surface area contributed by atoms with Gasteiger partial charge in [0.05, 0.1) is 12.2 Å². The van der Waals surface area contributed by atoms with Crippen LogP contribution in [0.4, 0.5) is 0 Å². The molecular weight excluding hydrogens is 232 g/mol. The largest absolute Gasteiger partial charge is 0.480 e. The first-order valence-corrected chi connectivity index (χ1v) is 6.90.